The average Bonchev–Trinajstić information content (AvgIpc) is 2.82. The lowest BCUT2D eigenvalue weighted by atomic mass is 9.85. The first-order chi connectivity index (χ1) is 8.81. The number of halogens is 1. The van der Waals surface area contributed by atoms with E-state index in [2.05, 4.69) is 4.90 Å². The van der Waals surface area contributed by atoms with Crippen LogP contribution in [0.1, 0.15) is 42.5 Å². The number of benzene rings is 1. The molecule has 0 bridgehead atoms. The van der Waals surface area contributed by atoms with Gasteiger partial charge < -0.3 is 4.90 Å². The van der Waals surface area contributed by atoms with Crippen LogP contribution < -0.4 is 4.90 Å². The van der Waals surface area contributed by atoms with Gasteiger partial charge in [0.15, 0.2) is 6.29 Å². The predicted octanol–water partition coefficient (Wildman–Crippen LogP) is 3.41. The Morgan fingerprint density at radius 3 is 2.89 bits per heavy atom. The smallest absolute Gasteiger partial charge is 0.155 e. The average molecular weight is 247 g/mol. The first-order valence-electron chi connectivity index (χ1n) is 6.81. The Morgan fingerprint density at radius 2 is 2.06 bits per heavy atom. The number of carbonyl (C=O) groups excluding carboxylic acids is 1. The first-order valence-corrected chi connectivity index (χ1v) is 6.81. The van der Waals surface area contributed by atoms with Gasteiger partial charge in [-0.2, -0.15) is 0 Å². The fourth-order valence-electron chi connectivity index (χ4n) is 3.60. The van der Waals surface area contributed by atoms with Crippen LogP contribution in [-0.4, -0.2) is 18.9 Å². The third kappa shape index (κ3) is 1.82. The molecular weight excluding hydrogens is 229 g/mol. The summed E-state index contributed by atoms with van der Waals surface area (Å²) in [6.45, 7) is 0.958. The number of fused-ring (bicyclic) bond motifs is 1. The molecule has 18 heavy (non-hydrogen) atoms. The van der Waals surface area contributed by atoms with E-state index in [0.717, 1.165) is 18.2 Å². The van der Waals surface area contributed by atoms with Crippen LogP contribution in [-0.2, 0) is 0 Å². The minimum Gasteiger partial charge on any atom is -0.368 e. The van der Waals surface area contributed by atoms with Gasteiger partial charge in [0.2, 0.25) is 0 Å². The van der Waals surface area contributed by atoms with Crippen LogP contribution in [0.3, 0.4) is 0 Å². The molecule has 1 saturated heterocycles. The van der Waals surface area contributed by atoms with Crippen molar-refractivity contribution in [1.29, 1.82) is 0 Å². The minimum absolute atomic E-state index is 0.226. The molecule has 1 aromatic rings. The summed E-state index contributed by atoms with van der Waals surface area (Å²) >= 11 is 0. The van der Waals surface area contributed by atoms with Crippen LogP contribution in [0.4, 0.5) is 10.1 Å². The van der Waals surface area contributed by atoms with Crippen molar-refractivity contribution in [3.63, 3.8) is 0 Å². The summed E-state index contributed by atoms with van der Waals surface area (Å²) in [4.78, 5) is 13.4. The molecule has 0 amide bonds. The van der Waals surface area contributed by atoms with Gasteiger partial charge in [-0.05, 0) is 37.3 Å². The van der Waals surface area contributed by atoms with Crippen molar-refractivity contribution in [2.45, 2.75) is 38.1 Å². The maximum atomic E-state index is 13.7. The molecule has 1 saturated carbocycles. The van der Waals surface area contributed by atoms with Gasteiger partial charge in [-0.15, -0.1) is 0 Å². The normalized spacial score (nSPS) is 27.1. The maximum Gasteiger partial charge on any atom is 0.155 e. The van der Waals surface area contributed by atoms with Gasteiger partial charge in [0.25, 0.3) is 0 Å². The molecule has 2 fully saturated rings. The SMILES string of the molecule is O=Cc1c(F)cccc1N1CCC2CCCCC21. The van der Waals surface area contributed by atoms with Crippen molar-refractivity contribution in [2.75, 3.05) is 11.4 Å². The molecule has 2 unspecified atom stereocenters. The molecule has 1 heterocycles. The molecule has 0 aromatic heterocycles. The van der Waals surface area contributed by atoms with Crippen LogP contribution in [0.15, 0.2) is 18.2 Å². The Bertz CT molecular complexity index is 460. The van der Waals surface area contributed by atoms with E-state index in [1.54, 1.807) is 6.07 Å². The molecule has 0 N–H and O–H groups in total. The van der Waals surface area contributed by atoms with Crippen LogP contribution in [0, 0.1) is 11.7 Å². The van der Waals surface area contributed by atoms with Gasteiger partial charge in [0, 0.05) is 12.6 Å². The van der Waals surface area contributed by atoms with E-state index in [-0.39, 0.29) is 5.56 Å². The zero-order valence-corrected chi connectivity index (χ0v) is 10.4. The Labute approximate surface area is 107 Å². The topological polar surface area (TPSA) is 20.3 Å². The van der Waals surface area contributed by atoms with E-state index < -0.39 is 5.82 Å². The highest BCUT2D eigenvalue weighted by molar-refractivity contribution is 5.85. The summed E-state index contributed by atoms with van der Waals surface area (Å²) < 4.78 is 13.7. The second-order valence-electron chi connectivity index (χ2n) is 5.38. The summed E-state index contributed by atoms with van der Waals surface area (Å²) in [7, 11) is 0. The zero-order valence-electron chi connectivity index (χ0n) is 10.4. The number of carbonyl (C=O) groups is 1. The minimum atomic E-state index is -0.401. The Hall–Kier alpha value is -1.38. The highest BCUT2D eigenvalue weighted by Gasteiger charge is 2.36. The van der Waals surface area contributed by atoms with Gasteiger partial charge >= 0.3 is 0 Å². The second-order valence-corrected chi connectivity index (χ2v) is 5.38. The van der Waals surface area contributed by atoms with E-state index in [1.807, 2.05) is 6.07 Å². The number of hydrogen-bond acceptors (Lipinski definition) is 2. The number of aldehydes is 1. The Morgan fingerprint density at radius 1 is 1.22 bits per heavy atom. The molecule has 3 rings (SSSR count). The monoisotopic (exact) mass is 247 g/mol. The summed E-state index contributed by atoms with van der Waals surface area (Å²) in [6.07, 6.45) is 6.87. The Balaban J connectivity index is 1.95. The largest absolute Gasteiger partial charge is 0.368 e. The first kappa shape index (κ1) is 11.7. The Kier molecular flexibility index (Phi) is 3.06. The van der Waals surface area contributed by atoms with Crippen LogP contribution >= 0.6 is 0 Å². The molecule has 1 aliphatic carbocycles. The highest BCUT2D eigenvalue weighted by atomic mass is 19.1. The number of rotatable bonds is 2. The number of nitrogens with zero attached hydrogens (tertiary/aromatic N) is 1. The molecule has 0 radical (unpaired) electrons. The fourth-order valence-corrected chi connectivity index (χ4v) is 3.60. The lowest BCUT2D eigenvalue weighted by Gasteiger charge is -2.33. The molecule has 0 spiro atoms. The molecule has 1 aromatic carbocycles. The molecule has 2 atom stereocenters. The molecule has 2 nitrogen and oxygen atoms in total. The summed E-state index contributed by atoms with van der Waals surface area (Å²) in [5, 5.41) is 0. The lowest BCUT2D eigenvalue weighted by molar-refractivity contribution is 0.112. The van der Waals surface area contributed by atoms with Crippen molar-refractivity contribution in [3.05, 3.63) is 29.6 Å². The molecule has 3 heteroatoms. The van der Waals surface area contributed by atoms with Crippen LogP contribution in [0.2, 0.25) is 0 Å². The van der Waals surface area contributed by atoms with Crippen molar-refractivity contribution in [3.8, 4) is 0 Å². The van der Waals surface area contributed by atoms with Gasteiger partial charge in [-0.1, -0.05) is 18.9 Å². The summed E-state index contributed by atoms with van der Waals surface area (Å²) in [5.74, 6) is 0.336. The van der Waals surface area contributed by atoms with Crippen LogP contribution in [0.25, 0.3) is 0 Å². The van der Waals surface area contributed by atoms with Crippen molar-refractivity contribution >= 4 is 12.0 Å². The van der Waals surface area contributed by atoms with Gasteiger partial charge in [0.05, 0.1) is 11.3 Å². The van der Waals surface area contributed by atoms with Crippen molar-refractivity contribution in [2.24, 2.45) is 5.92 Å². The van der Waals surface area contributed by atoms with E-state index in [4.69, 9.17) is 0 Å². The van der Waals surface area contributed by atoms with E-state index in [1.165, 1.54) is 38.2 Å². The maximum absolute atomic E-state index is 13.7. The van der Waals surface area contributed by atoms with Gasteiger partial charge in [-0.3, -0.25) is 4.79 Å². The third-order valence-corrected chi connectivity index (χ3v) is 4.47. The lowest BCUT2D eigenvalue weighted by Crippen LogP contribution is -2.35. The van der Waals surface area contributed by atoms with E-state index in [0.29, 0.717) is 12.3 Å². The standard InChI is InChI=1S/C15H18FNO/c16-13-5-3-7-15(12(13)10-18)17-9-8-11-4-1-2-6-14(11)17/h3,5,7,10-11,14H,1-2,4,6,8-9H2. The number of hydrogen-bond donors (Lipinski definition) is 0. The molecule has 2 aliphatic rings. The summed E-state index contributed by atoms with van der Waals surface area (Å²) in [5.41, 5.74) is 1.02. The molecule has 1 aliphatic heterocycles. The molecular formula is C15H18FNO. The van der Waals surface area contributed by atoms with E-state index >= 15 is 0 Å². The highest BCUT2D eigenvalue weighted by Crippen LogP contribution is 2.39. The van der Waals surface area contributed by atoms with Crippen molar-refractivity contribution in [1.82, 2.24) is 0 Å². The fraction of sp³-hybridized carbons (Fsp3) is 0.533. The van der Waals surface area contributed by atoms with Crippen molar-refractivity contribution < 1.29 is 9.18 Å². The van der Waals surface area contributed by atoms with Crippen LogP contribution in [0.5, 0.6) is 0 Å². The molecule has 96 valence electrons. The summed E-state index contributed by atoms with van der Waals surface area (Å²) in [6, 6.07) is 5.46. The third-order valence-electron chi connectivity index (χ3n) is 4.47. The second kappa shape index (κ2) is 4.71. The van der Waals surface area contributed by atoms with Gasteiger partial charge in [-0.25, -0.2) is 4.39 Å². The van der Waals surface area contributed by atoms with Gasteiger partial charge in [0.1, 0.15) is 5.82 Å². The predicted molar refractivity (Wildman–Crippen MR) is 69.5 cm³/mol. The quantitative estimate of drug-likeness (QED) is 0.746. The number of anilines is 1. The zero-order chi connectivity index (χ0) is 12.5. The van der Waals surface area contributed by atoms with E-state index in [9.17, 15) is 9.18 Å².